The third-order valence-electron chi connectivity index (χ3n) is 1.97. The van der Waals surface area contributed by atoms with E-state index in [1.165, 1.54) is 7.05 Å². The lowest BCUT2D eigenvalue weighted by molar-refractivity contribution is -0.137. The van der Waals surface area contributed by atoms with Gasteiger partial charge in [0.2, 0.25) is 0 Å². The number of anilines is 1. The van der Waals surface area contributed by atoms with Gasteiger partial charge in [0.15, 0.2) is 0 Å². The van der Waals surface area contributed by atoms with Crippen LogP contribution in [0.15, 0.2) is 22.7 Å². The molecule has 1 amide bonds. The van der Waals surface area contributed by atoms with E-state index in [1.54, 1.807) is 18.2 Å². The van der Waals surface area contributed by atoms with Gasteiger partial charge in [-0.1, -0.05) is 0 Å². The number of carbonyl (C=O) groups excluding carboxylic acids is 1. The SMILES string of the molecule is CN(CC(=O)O)C(=O)c1ccc(N)c(Br)c1. The Balaban J connectivity index is 2.88. The Hall–Kier alpha value is -1.56. The van der Waals surface area contributed by atoms with E-state index in [2.05, 4.69) is 15.9 Å². The number of carbonyl (C=O) groups is 2. The lowest BCUT2D eigenvalue weighted by atomic mass is 10.2. The summed E-state index contributed by atoms with van der Waals surface area (Å²) in [6.45, 7) is -0.333. The molecule has 6 heteroatoms. The molecule has 16 heavy (non-hydrogen) atoms. The van der Waals surface area contributed by atoms with Gasteiger partial charge in [0.1, 0.15) is 6.54 Å². The molecule has 0 unspecified atom stereocenters. The molecule has 5 nitrogen and oxygen atoms in total. The molecular weight excluding hydrogens is 276 g/mol. The molecule has 0 aromatic heterocycles. The number of amides is 1. The molecule has 0 aliphatic rings. The number of hydrogen-bond donors (Lipinski definition) is 2. The number of benzene rings is 1. The number of likely N-dealkylation sites (N-methyl/N-ethyl adjacent to an activating group) is 1. The number of hydrogen-bond acceptors (Lipinski definition) is 3. The predicted molar refractivity (Wildman–Crippen MR) is 63.2 cm³/mol. The summed E-state index contributed by atoms with van der Waals surface area (Å²) in [5, 5.41) is 8.56. The summed E-state index contributed by atoms with van der Waals surface area (Å²) in [6.07, 6.45) is 0. The molecule has 0 spiro atoms. The Kier molecular flexibility index (Phi) is 3.89. The van der Waals surface area contributed by atoms with Crippen LogP contribution >= 0.6 is 15.9 Å². The number of rotatable bonds is 3. The van der Waals surface area contributed by atoms with Gasteiger partial charge in [0.25, 0.3) is 5.91 Å². The van der Waals surface area contributed by atoms with Crippen molar-refractivity contribution in [1.82, 2.24) is 4.90 Å². The molecule has 0 aliphatic carbocycles. The molecular formula is C10H11BrN2O3. The third-order valence-corrected chi connectivity index (χ3v) is 2.65. The number of nitrogen functional groups attached to an aromatic ring is 1. The summed E-state index contributed by atoms with van der Waals surface area (Å²) >= 11 is 3.20. The molecule has 86 valence electrons. The molecule has 3 N–H and O–H groups in total. The van der Waals surface area contributed by atoms with Gasteiger partial charge in [0, 0.05) is 22.8 Å². The van der Waals surface area contributed by atoms with E-state index in [0.717, 1.165) is 4.90 Å². The number of carboxylic acids is 1. The smallest absolute Gasteiger partial charge is 0.323 e. The Morgan fingerprint density at radius 2 is 2.12 bits per heavy atom. The predicted octanol–water partition coefficient (Wildman–Crippen LogP) is 1.19. The molecule has 0 saturated heterocycles. The first kappa shape index (κ1) is 12.5. The fourth-order valence-electron chi connectivity index (χ4n) is 1.16. The average molecular weight is 287 g/mol. The fourth-order valence-corrected chi connectivity index (χ4v) is 1.53. The third kappa shape index (κ3) is 2.96. The number of halogens is 1. The summed E-state index contributed by atoms with van der Waals surface area (Å²) in [4.78, 5) is 23.3. The summed E-state index contributed by atoms with van der Waals surface area (Å²) in [5.74, 6) is -1.41. The van der Waals surface area contributed by atoms with E-state index in [4.69, 9.17) is 10.8 Å². The van der Waals surface area contributed by atoms with E-state index in [1.807, 2.05) is 0 Å². The summed E-state index contributed by atoms with van der Waals surface area (Å²) < 4.78 is 0.613. The molecule has 0 bridgehead atoms. The van der Waals surface area contributed by atoms with Crippen molar-refractivity contribution in [2.75, 3.05) is 19.3 Å². The van der Waals surface area contributed by atoms with Gasteiger partial charge in [-0.15, -0.1) is 0 Å². The highest BCUT2D eigenvalue weighted by molar-refractivity contribution is 9.10. The van der Waals surface area contributed by atoms with Gasteiger partial charge in [0.05, 0.1) is 0 Å². The second-order valence-electron chi connectivity index (χ2n) is 3.29. The van der Waals surface area contributed by atoms with Crippen LogP contribution in [0.5, 0.6) is 0 Å². The Morgan fingerprint density at radius 3 is 2.62 bits per heavy atom. The molecule has 0 fully saturated rings. The first-order valence-corrected chi connectivity index (χ1v) is 5.23. The molecule has 0 saturated carbocycles. The maximum Gasteiger partial charge on any atom is 0.323 e. The summed E-state index contributed by atoms with van der Waals surface area (Å²) in [7, 11) is 1.43. The van der Waals surface area contributed by atoms with Crippen LogP contribution in [0.3, 0.4) is 0 Å². The minimum atomic E-state index is -1.05. The van der Waals surface area contributed by atoms with Gasteiger partial charge >= 0.3 is 5.97 Å². The Labute approximate surface area is 101 Å². The zero-order valence-corrected chi connectivity index (χ0v) is 10.2. The first-order chi connectivity index (χ1) is 7.41. The Morgan fingerprint density at radius 1 is 1.50 bits per heavy atom. The van der Waals surface area contributed by atoms with Crippen molar-refractivity contribution in [2.45, 2.75) is 0 Å². The monoisotopic (exact) mass is 286 g/mol. The maximum atomic E-state index is 11.7. The van der Waals surface area contributed by atoms with Gasteiger partial charge in [-0.25, -0.2) is 0 Å². The van der Waals surface area contributed by atoms with Crippen LogP contribution in [-0.2, 0) is 4.79 Å². The van der Waals surface area contributed by atoms with Crippen molar-refractivity contribution < 1.29 is 14.7 Å². The topological polar surface area (TPSA) is 83.6 Å². The highest BCUT2D eigenvalue weighted by Crippen LogP contribution is 2.20. The van der Waals surface area contributed by atoms with E-state index in [0.29, 0.717) is 15.7 Å². The highest BCUT2D eigenvalue weighted by Gasteiger charge is 2.14. The quantitative estimate of drug-likeness (QED) is 0.818. The standard InChI is InChI=1S/C10H11BrN2O3/c1-13(5-9(14)15)10(16)6-2-3-8(12)7(11)4-6/h2-4H,5,12H2,1H3,(H,14,15). The molecule has 0 aliphatic heterocycles. The number of aliphatic carboxylic acids is 1. The second-order valence-corrected chi connectivity index (χ2v) is 4.15. The summed E-state index contributed by atoms with van der Waals surface area (Å²) in [6, 6.07) is 4.71. The maximum absolute atomic E-state index is 11.7. The van der Waals surface area contributed by atoms with Gasteiger partial charge in [-0.05, 0) is 34.1 Å². The molecule has 1 aromatic rings. The van der Waals surface area contributed by atoms with Crippen molar-refractivity contribution in [2.24, 2.45) is 0 Å². The lowest BCUT2D eigenvalue weighted by Crippen LogP contribution is -2.31. The molecule has 0 heterocycles. The van der Waals surface area contributed by atoms with Crippen LogP contribution in [-0.4, -0.2) is 35.5 Å². The zero-order chi connectivity index (χ0) is 12.3. The normalized spacial score (nSPS) is 9.88. The molecule has 0 atom stereocenters. The van der Waals surface area contributed by atoms with Crippen LogP contribution in [0.2, 0.25) is 0 Å². The highest BCUT2D eigenvalue weighted by atomic mass is 79.9. The van der Waals surface area contributed by atoms with Crippen molar-refractivity contribution in [3.8, 4) is 0 Å². The summed E-state index contributed by atoms with van der Waals surface area (Å²) in [5.41, 5.74) is 6.50. The van der Waals surface area contributed by atoms with Crippen molar-refractivity contribution >= 4 is 33.5 Å². The van der Waals surface area contributed by atoms with Gasteiger partial charge < -0.3 is 15.7 Å². The second kappa shape index (κ2) is 4.98. The fraction of sp³-hybridized carbons (Fsp3) is 0.200. The van der Waals surface area contributed by atoms with Crippen LogP contribution in [0.4, 0.5) is 5.69 Å². The minimum absolute atomic E-state index is 0.333. The van der Waals surface area contributed by atoms with Crippen molar-refractivity contribution in [3.63, 3.8) is 0 Å². The van der Waals surface area contributed by atoms with E-state index >= 15 is 0 Å². The molecule has 1 rings (SSSR count). The van der Waals surface area contributed by atoms with Crippen LogP contribution in [0.25, 0.3) is 0 Å². The van der Waals surface area contributed by atoms with E-state index in [-0.39, 0.29) is 12.5 Å². The van der Waals surface area contributed by atoms with Crippen LogP contribution < -0.4 is 5.73 Å². The molecule has 0 radical (unpaired) electrons. The minimum Gasteiger partial charge on any atom is -0.480 e. The van der Waals surface area contributed by atoms with E-state index in [9.17, 15) is 9.59 Å². The number of nitrogens with two attached hydrogens (primary N) is 1. The van der Waals surface area contributed by atoms with Crippen molar-refractivity contribution in [3.05, 3.63) is 28.2 Å². The van der Waals surface area contributed by atoms with Gasteiger partial charge in [-0.3, -0.25) is 9.59 Å². The number of carboxylic acid groups (broad SMARTS) is 1. The zero-order valence-electron chi connectivity index (χ0n) is 8.61. The largest absolute Gasteiger partial charge is 0.480 e. The molecule has 1 aromatic carbocycles. The van der Waals surface area contributed by atoms with E-state index < -0.39 is 5.97 Å². The number of nitrogens with zero attached hydrogens (tertiary/aromatic N) is 1. The van der Waals surface area contributed by atoms with Crippen molar-refractivity contribution in [1.29, 1.82) is 0 Å². The Bertz CT molecular complexity index is 434. The lowest BCUT2D eigenvalue weighted by Gasteiger charge is -2.14. The average Bonchev–Trinajstić information content (AvgIpc) is 2.20. The first-order valence-electron chi connectivity index (χ1n) is 4.44. The van der Waals surface area contributed by atoms with Crippen LogP contribution in [0.1, 0.15) is 10.4 Å². The van der Waals surface area contributed by atoms with Crippen LogP contribution in [0, 0.1) is 0 Å². The van der Waals surface area contributed by atoms with Gasteiger partial charge in [-0.2, -0.15) is 0 Å².